The lowest BCUT2D eigenvalue weighted by atomic mass is 9.95. The van der Waals surface area contributed by atoms with Crippen LogP contribution in [-0.2, 0) is 0 Å². The molecule has 0 atom stereocenters. The number of hydrogen-bond donors (Lipinski definition) is 0. The molecule has 5 heteroatoms. The Morgan fingerprint density at radius 3 is 2.00 bits per heavy atom. The molecule has 0 saturated carbocycles. The molecule has 0 N–H and O–H groups in total. The van der Waals surface area contributed by atoms with E-state index in [9.17, 15) is 0 Å². The molecule has 4 aromatic heterocycles. The summed E-state index contributed by atoms with van der Waals surface area (Å²) in [4.78, 5) is 14.8. The molecule has 0 unspecified atom stereocenters. The van der Waals surface area contributed by atoms with Crippen molar-refractivity contribution in [2.45, 2.75) is 0 Å². The van der Waals surface area contributed by atoms with E-state index in [-0.39, 0.29) is 0 Å². The number of benzene rings is 6. The minimum Gasteiger partial charge on any atom is -0.455 e. The van der Waals surface area contributed by atoms with Crippen molar-refractivity contribution in [3.8, 4) is 56.3 Å². The predicted octanol–water partition coefficient (Wildman–Crippen LogP) is 12.5. The van der Waals surface area contributed by atoms with Gasteiger partial charge in [-0.3, -0.25) is 4.98 Å². The summed E-state index contributed by atoms with van der Waals surface area (Å²) < 4.78 is 9.33. The monoisotopic (exact) mass is 657 g/mol. The second kappa shape index (κ2) is 11.6. The highest BCUT2D eigenvalue weighted by atomic mass is 32.1. The Morgan fingerprint density at radius 1 is 0.460 bits per heavy atom. The number of aromatic nitrogens is 3. The van der Waals surface area contributed by atoms with Gasteiger partial charge < -0.3 is 4.42 Å². The second-order valence-electron chi connectivity index (χ2n) is 12.4. The molecule has 0 amide bonds. The first-order chi connectivity index (χ1) is 24.8. The van der Waals surface area contributed by atoms with Gasteiger partial charge >= 0.3 is 0 Å². The van der Waals surface area contributed by atoms with Crippen LogP contribution in [0.5, 0.6) is 0 Å². The lowest BCUT2D eigenvalue weighted by Crippen LogP contribution is -1.96. The molecular weight excluding hydrogens is 631 g/mol. The molecule has 4 nitrogen and oxygen atoms in total. The molecule has 0 saturated heterocycles. The number of pyridine rings is 1. The maximum atomic E-state index is 6.76. The SMILES string of the molecule is c1ccc(-c2nc(-c3ccc(-c4ccccn4)cc3)cc(-c3ccc(-c4cccc5c4sc4ccccc45)c4c3oc3ccccc34)n2)cc1. The molecule has 234 valence electrons. The van der Waals surface area contributed by atoms with E-state index in [4.69, 9.17) is 14.4 Å². The molecule has 0 fully saturated rings. The third-order valence-electron chi connectivity index (χ3n) is 9.40. The molecule has 6 aromatic carbocycles. The van der Waals surface area contributed by atoms with Gasteiger partial charge in [0.25, 0.3) is 0 Å². The Morgan fingerprint density at radius 2 is 1.16 bits per heavy atom. The number of rotatable bonds is 5. The van der Waals surface area contributed by atoms with Gasteiger partial charge in [0.2, 0.25) is 0 Å². The molecule has 0 radical (unpaired) electrons. The van der Waals surface area contributed by atoms with E-state index in [0.29, 0.717) is 5.82 Å². The molecule has 10 rings (SSSR count). The van der Waals surface area contributed by atoms with E-state index in [1.54, 1.807) is 0 Å². The van der Waals surface area contributed by atoms with Gasteiger partial charge in [-0.1, -0.05) is 121 Å². The van der Waals surface area contributed by atoms with Crippen molar-refractivity contribution in [3.05, 3.63) is 164 Å². The van der Waals surface area contributed by atoms with Crippen LogP contribution in [0.4, 0.5) is 0 Å². The van der Waals surface area contributed by atoms with Gasteiger partial charge in [-0.25, -0.2) is 9.97 Å². The van der Waals surface area contributed by atoms with E-state index in [0.717, 1.165) is 66.8 Å². The van der Waals surface area contributed by atoms with Gasteiger partial charge in [-0.15, -0.1) is 11.3 Å². The molecule has 10 aromatic rings. The van der Waals surface area contributed by atoms with Gasteiger partial charge in [0.05, 0.1) is 17.1 Å². The predicted molar refractivity (Wildman–Crippen MR) is 207 cm³/mol. The van der Waals surface area contributed by atoms with Crippen molar-refractivity contribution < 1.29 is 4.42 Å². The summed E-state index contributed by atoms with van der Waals surface area (Å²) >= 11 is 1.84. The number of thiophene rings is 1. The van der Waals surface area contributed by atoms with Gasteiger partial charge in [0.1, 0.15) is 11.2 Å². The van der Waals surface area contributed by atoms with Crippen LogP contribution in [0.1, 0.15) is 0 Å². The van der Waals surface area contributed by atoms with Crippen molar-refractivity contribution in [1.29, 1.82) is 0 Å². The minimum absolute atomic E-state index is 0.662. The number of para-hydroxylation sites is 1. The van der Waals surface area contributed by atoms with Gasteiger partial charge in [-0.2, -0.15) is 0 Å². The molecular formula is C45H27N3OS. The van der Waals surface area contributed by atoms with Crippen LogP contribution in [0, 0.1) is 0 Å². The largest absolute Gasteiger partial charge is 0.455 e. The average Bonchev–Trinajstić information content (AvgIpc) is 3.78. The lowest BCUT2D eigenvalue weighted by molar-refractivity contribution is 0.670. The van der Waals surface area contributed by atoms with Gasteiger partial charge in [0.15, 0.2) is 5.82 Å². The average molecular weight is 658 g/mol. The van der Waals surface area contributed by atoms with Crippen molar-refractivity contribution >= 4 is 53.4 Å². The zero-order chi connectivity index (χ0) is 33.0. The van der Waals surface area contributed by atoms with E-state index < -0.39 is 0 Å². The van der Waals surface area contributed by atoms with E-state index in [2.05, 4.69) is 114 Å². The normalized spacial score (nSPS) is 11.6. The third-order valence-corrected chi connectivity index (χ3v) is 10.6. The van der Waals surface area contributed by atoms with Crippen LogP contribution in [0.15, 0.2) is 168 Å². The smallest absolute Gasteiger partial charge is 0.160 e. The third kappa shape index (κ3) is 4.71. The summed E-state index contributed by atoms with van der Waals surface area (Å²) in [5.41, 5.74) is 10.5. The van der Waals surface area contributed by atoms with Crippen LogP contribution < -0.4 is 0 Å². The van der Waals surface area contributed by atoms with Crippen molar-refractivity contribution in [2.24, 2.45) is 0 Å². The number of furan rings is 1. The van der Waals surface area contributed by atoms with Crippen molar-refractivity contribution in [1.82, 2.24) is 15.0 Å². The first-order valence-electron chi connectivity index (χ1n) is 16.6. The Kier molecular flexibility index (Phi) is 6.64. The lowest BCUT2D eigenvalue weighted by Gasteiger charge is -2.12. The second-order valence-corrected chi connectivity index (χ2v) is 13.4. The van der Waals surface area contributed by atoms with Crippen LogP contribution in [-0.4, -0.2) is 15.0 Å². The molecule has 50 heavy (non-hydrogen) atoms. The highest BCUT2D eigenvalue weighted by Gasteiger charge is 2.21. The summed E-state index contributed by atoms with van der Waals surface area (Å²) in [6, 6.07) is 54.6. The number of hydrogen-bond acceptors (Lipinski definition) is 5. The van der Waals surface area contributed by atoms with Crippen LogP contribution in [0.2, 0.25) is 0 Å². The molecule has 0 aliphatic carbocycles. The van der Waals surface area contributed by atoms with Gasteiger partial charge in [0, 0.05) is 65.0 Å². The van der Waals surface area contributed by atoms with Crippen LogP contribution in [0.3, 0.4) is 0 Å². The fourth-order valence-electron chi connectivity index (χ4n) is 7.01. The summed E-state index contributed by atoms with van der Waals surface area (Å²) in [6.45, 7) is 0. The zero-order valence-corrected chi connectivity index (χ0v) is 27.6. The van der Waals surface area contributed by atoms with Crippen LogP contribution >= 0.6 is 11.3 Å². The quantitative estimate of drug-likeness (QED) is 0.185. The fraction of sp³-hybridized carbons (Fsp3) is 0. The van der Waals surface area contributed by atoms with Gasteiger partial charge in [-0.05, 0) is 42.0 Å². The summed E-state index contributed by atoms with van der Waals surface area (Å²) in [5.74, 6) is 0.662. The van der Waals surface area contributed by atoms with Crippen LogP contribution in [0.25, 0.3) is 98.4 Å². The molecule has 0 spiro atoms. The molecule has 0 aliphatic heterocycles. The summed E-state index contributed by atoms with van der Waals surface area (Å²) in [6.07, 6.45) is 1.82. The van der Waals surface area contributed by atoms with E-state index >= 15 is 0 Å². The highest BCUT2D eigenvalue weighted by Crippen LogP contribution is 2.46. The first-order valence-corrected chi connectivity index (χ1v) is 17.4. The Labute approximate surface area is 292 Å². The Hall–Kier alpha value is -6.43. The highest BCUT2D eigenvalue weighted by molar-refractivity contribution is 7.26. The van der Waals surface area contributed by atoms with E-state index in [1.165, 1.54) is 25.7 Å². The maximum absolute atomic E-state index is 6.76. The standard InChI is InChI=1S/C45H27N3OS/c1-2-11-30(12-3-1)45-47-38(29-22-20-28(21-23-29)37-17-8-9-26-46-37)27-39(48-45)35-25-24-32(42-36-14-4-6-18-40(36)49-43(35)42)34-16-10-15-33-31-13-5-7-19-41(31)50-44(33)34/h1-27H. The van der Waals surface area contributed by atoms with Crippen molar-refractivity contribution in [2.75, 3.05) is 0 Å². The Balaban J connectivity index is 1.20. The Bertz CT molecular complexity index is 2860. The number of nitrogens with zero attached hydrogens (tertiary/aromatic N) is 3. The topological polar surface area (TPSA) is 51.8 Å². The minimum atomic E-state index is 0.662. The summed E-state index contributed by atoms with van der Waals surface area (Å²) in [5, 5.41) is 4.73. The van der Waals surface area contributed by atoms with Crippen molar-refractivity contribution in [3.63, 3.8) is 0 Å². The first kappa shape index (κ1) is 28.6. The van der Waals surface area contributed by atoms with E-state index in [1.807, 2.05) is 66.1 Å². The molecule has 4 heterocycles. The molecule has 0 aliphatic rings. The molecule has 0 bridgehead atoms. The maximum Gasteiger partial charge on any atom is 0.160 e. The summed E-state index contributed by atoms with van der Waals surface area (Å²) in [7, 11) is 0. The zero-order valence-electron chi connectivity index (χ0n) is 26.7. The number of fused-ring (bicyclic) bond motifs is 6. The fourth-order valence-corrected chi connectivity index (χ4v) is 8.24.